The number of unbranched alkanes of at least 4 members (excludes halogenated alkanes) is 6. The highest BCUT2D eigenvalue weighted by atomic mass is 14.4. The van der Waals surface area contributed by atoms with Crippen molar-refractivity contribution in [3.63, 3.8) is 0 Å². The van der Waals surface area contributed by atoms with E-state index in [1.165, 1.54) is 64.2 Å². The van der Waals surface area contributed by atoms with Crippen LogP contribution >= 0.6 is 0 Å². The molecular formula is C18H33N. The van der Waals surface area contributed by atoms with E-state index in [1.54, 1.807) is 0 Å². The standard InChI is InChI=1S/C18H33N/c1-3-5-6-7-8-9-10-13-18(16-19)14-11-17(4-2)12-15-18/h17H,3-15H2,1-2H3. The topological polar surface area (TPSA) is 23.8 Å². The molecule has 19 heavy (non-hydrogen) atoms. The van der Waals surface area contributed by atoms with Crippen LogP contribution in [0.25, 0.3) is 0 Å². The molecule has 0 radical (unpaired) electrons. The summed E-state index contributed by atoms with van der Waals surface area (Å²) < 4.78 is 0. The van der Waals surface area contributed by atoms with Gasteiger partial charge in [-0.2, -0.15) is 5.26 Å². The van der Waals surface area contributed by atoms with Gasteiger partial charge in [-0.3, -0.25) is 0 Å². The molecule has 1 aliphatic rings. The molecule has 110 valence electrons. The highest BCUT2D eigenvalue weighted by Crippen LogP contribution is 2.43. The zero-order valence-corrected chi connectivity index (χ0v) is 13.2. The van der Waals surface area contributed by atoms with Crippen molar-refractivity contribution in [2.75, 3.05) is 0 Å². The highest BCUT2D eigenvalue weighted by molar-refractivity contribution is 5.01. The quantitative estimate of drug-likeness (QED) is 0.452. The molecule has 1 fully saturated rings. The molecule has 0 heterocycles. The fraction of sp³-hybridized carbons (Fsp3) is 0.944. The summed E-state index contributed by atoms with van der Waals surface area (Å²) in [5.41, 5.74) is 0.0507. The van der Waals surface area contributed by atoms with Crippen LogP contribution in [0, 0.1) is 22.7 Å². The van der Waals surface area contributed by atoms with E-state index in [1.807, 2.05) is 0 Å². The first-order chi connectivity index (χ1) is 9.26. The Hall–Kier alpha value is -0.510. The third kappa shape index (κ3) is 5.98. The largest absolute Gasteiger partial charge is 0.198 e. The summed E-state index contributed by atoms with van der Waals surface area (Å²) >= 11 is 0. The van der Waals surface area contributed by atoms with E-state index < -0.39 is 0 Å². The monoisotopic (exact) mass is 263 g/mol. The summed E-state index contributed by atoms with van der Waals surface area (Å²) in [5, 5.41) is 9.52. The van der Waals surface area contributed by atoms with E-state index in [4.69, 9.17) is 0 Å². The maximum absolute atomic E-state index is 9.52. The van der Waals surface area contributed by atoms with E-state index in [0.29, 0.717) is 0 Å². The van der Waals surface area contributed by atoms with Gasteiger partial charge in [-0.15, -0.1) is 0 Å². The van der Waals surface area contributed by atoms with Crippen molar-refractivity contribution < 1.29 is 0 Å². The molecule has 0 atom stereocenters. The van der Waals surface area contributed by atoms with Crippen LogP contribution < -0.4 is 0 Å². The maximum Gasteiger partial charge on any atom is 0.0689 e. The summed E-state index contributed by atoms with van der Waals surface area (Å²) in [6.07, 6.45) is 16.9. The molecule has 0 aromatic rings. The lowest BCUT2D eigenvalue weighted by Gasteiger charge is -2.34. The zero-order valence-electron chi connectivity index (χ0n) is 13.2. The molecule has 0 N–H and O–H groups in total. The van der Waals surface area contributed by atoms with Crippen molar-refractivity contribution in [3.8, 4) is 6.07 Å². The minimum atomic E-state index is 0.0507. The predicted octanol–water partition coefficient (Wildman–Crippen LogP) is 6.24. The van der Waals surface area contributed by atoms with Crippen molar-refractivity contribution in [1.82, 2.24) is 0 Å². The molecule has 0 aromatic carbocycles. The Bertz CT molecular complexity index is 255. The first-order valence-electron chi connectivity index (χ1n) is 8.67. The lowest BCUT2D eigenvalue weighted by molar-refractivity contribution is 0.189. The number of hydrogen-bond acceptors (Lipinski definition) is 1. The molecular weight excluding hydrogens is 230 g/mol. The third-order valence-electron chi connectivity index (χ3n) is 5.14. The SMILES string of the molecule is CCCCCCCCCC1(C#N)CCC(CC)CC1. The van der Waals surface area contributed by atoms with Gasteiger partial charge in [0.05, 0.1) is 11.5 Å². The van der Waals surface area contributed by atoms with Gasteiger partial charge in [0.1, 0.15) is 0 Å². The van der Waals surface area contributed by atoms with Crippen molar-refractivity contribution >= 4 is 0 Å². The molecule has 0 spiro atoms. The summed E-state index contributed by atoms with van der Waals surface area (Å²) in [5.74, 6) is 0.899. The smallest absolute Gasteiger partial charge is 0.0689 e. The van der Waals surface area contributed by atoms with Gasteiger partial charge in [-0.05, 0) is 38.0 Å². The molecule has 0 amide bonds. The van der Waals surface area contributed by atoms with Crippen molar-refractivity contribution in [3.05, 3.63) is 0 Å². The van der Waals surface area contributed by atoms with Crippen molar-refractivity contribution in [2.45, 2.75) is 97.3 Å². The van der Waals surface area contributed by atoms with E-state index >= 15 is 0 Å². The summed E-state index contributed by atoms with van der Waals surface area (Å²) in [4.78, 5) is 0. The number of hydrogen-bond donors (Lipinski definition) is 0. The molecule has 0 bridgehead atoms. The van der Waals surface area contributed by atoms with E-state index in [9.17, 15) is 5.26 Å². The minimum absolute atomic E-state index is 0.0507. The molecule has 1 rings (SSSR count). The Morgan fingerprint density at radius 3 is 2.05 bits per heavy atom. The second kappa shape index (κ2) is 9.40. The van der Waals surface area contributed by atoms with Crippen LogP contribution in [0.3, 0.4) is 0 Å². The van der Waals surface area contributed by atoms with E-state index in [2.05, 4.69) is 19.9 Å². The first kappa shape index (κ1) is 16.5. The van der Waals surface area contributed by atoms with Gasteiger partial charge in [-0.25, -0.2) is 0 Å². The summed E-state index contributed by atoms with van der Waals surface area (Å²) in [7, 11) is 0. The van der Waals surface area contributed by atoms with Crippen LogP contribution in [0.1, 0.15) is 97.3 Å². The number of rotatable bonds is 9. The van der Waals surface area contributed by atoms with Gasteiger partial charge in [0.2, 0.25) is 0 Å². The maximum atomic E-state index is 9.52. The van der Waals surface area contributed by atoms with Gasteiger partial charge >= 0.3 is 0 Å². The fourth-order valence-electron chi connectivity index (χ4n) is 3.48. The summed E-state index contributed by atoms with van der Waals surface area (Å²) in [6.45, 7) is 4.56. The Morgan fingerprint density at radius 1 is 0.947 bits per heavy atom. The van der Waals surface area contributed by atoms with Gasteiger partial charge < -0.3 is 0 Å². The molecule has 1 heteroatoms. The van der Waals surface area contributed by atoms with Crippen LogP contribution in [0.2, 0.25) is 0 Å². The third-order valence-corrected chi connectivity index (χ3v) is 5.14. The second-order valence-corrected chi connectivity index (χ2v) is 6.62. The Kier molecular flexibility index (Phi) is 8.19. The van der Waals surface area contributed by atoms with Crippen LogP contribution in [-0.2, 0) is 0 Å². The first-order valence-corrected chi connectivity index (χ1v) is 8.67. The van der Waals surface area contributed by atoms with Crippen LogP contribution in [0.4, 0.5) is 0 Å². The van der Waals surface area contributed by atoms with Crippen LogP contribution in [0.5, 0.6) is 0 Å². The van der Waals surface area contributed by atoms with Crippen LogP contribution in [-0.4, -0.2) is 0 Å². The van der Waals surface area contributed by atoms with E-state index in [0.717, 1.165) is 25.2 Å². The number of nitriles is 1. The molecule has 0 unspecified atom stereocenters. The molecule has 1 nitrogen and oxygen atoms in total. The lowest BCUT2D eigenvalue weighted by Crippen LogP contribution is -2.25. The predicted molar refractivity (Wildman–Crippen MR) is 82.9 cm³/mol. The Labute approximate surface area is 120 Å². The van der Waals surface area contributed by atoms with Gasteiger partial charge in [0.15, 0.2) is 0 Å². The Morgan fingerprint density at radius 2 is 1.53 bits per heavy atom. The zero-order chi connectivity index (χ0) is 14.0. The molecule has 0 aromatic heterocycles. The molecule has 1 aliphatic carbocycles. The van der Waals surface area contributed by atoms with Crippen LogP contribution in [0.15, 0.2) is 0 Å². The minimum Gasteiger partial charge on any atom is -0.198 e. The van der Waals surface area contributed by atoms with Crippen molar-refractivity contribution in [1.29, 1.82) is 5.26 Å². The number of nitrogens with zero attached hydrogens (tertiary/aromatic N) is 1. The van der Waals surface area contributed by atoms with Gasteiger partial charge in [-0.1, -0.05) is 65.2 Å². The molecule has 0 saturated heterocycles. The summed E-state index contributed by atoms with van der Waals surface area (Å²) in [6, 6.07) is 2.67. The lowest BCUT2D eigenvalue weighted by atomic mass is 9.68. The molecule has 0 aliphatic heterocycles. The molecule has 1 saturated carbocycles. The average Bonchev–Trinajstić information content (AvgIpc) is 2.47. The average molecular weight is 263 g/mol. The normalized spacial score (nSPS) is 27.1. The van der Waals surface area contributed by atoms with Gasteiger partial charge in [0, 0.05) is 0 Å². The van der Waals surface area contributed by atoms with Crippen molar-refractivity contribution in [2.24, 2.45) is 11.3 Å². The second-order valence-electron chi connectivity index (χ2n) is 6.62. The highest BCUT2D eigenvalue weighted by Gasteiger charge is 2.34. The van der Waals surface area contributed by atoms with Gasteiger partial charge in [0.25, 0.3) is 0 Å². The fourth-order valence-corrected chi connectivity index (χ4v) is 3.48. The van der Waals surface area contributed by atoms with E-state index in [-0.39, 0.29) is 5.41 Å². The Balaban J connectivity index is 2.14.